The highest BCUT2D eigenvalue weighted by atomic mass is 16.3. The summed E-state index contributed by atoms with van der Waals surface area (Å²) >= 11 is 0. The third-order valence-electron chi connectivity index (χ3n) is 1.86. The van der Waals surface area contributed by atoms with Crippen LogP contribution in [-0.4, -0.2) is 23.7 Å². The standard InChI is InChI=1S/C11H19NO2/c1-3-4-5-6-9-12-11(14)8-7-10(2)13/h1,10,13H,4-9H2,2H3,(H,12,14). The molecular weight excluding hydrogens is 178 g/mol. The van der Waals surface area contributed by atoms with Crippen molar-refractivity contribution in [1.82, 2.24) is 5.32 Å². The van der Waals surface area contributed by atoms with Crippen LogP contribution in [0.4, 0.5) is 0 Å². The van der Waals surface area contributed by atoms with E-state index >= 15 is 0 Å². The molecule has 0 aromatic rings. The smallest absolute Gasteiger partial charge is 0.220 e. The first-order valence-electron chi connectivity index (χ1n) is 5.05. The number of carbonyl (C=O) groups excluding carboxylic acids is 1. The van der Waals surface area contributed by atoms with Gasteiger partial charge in [-0.2, -0.15) is 0 Å². The van der Waals surface area contributed by atoms with Crippen molar-refractivity contribution in [2.24, 2.45) is 0 Å². The third kappa shape index (κ3) is 9.08. The molecule has 0 aliphatic heterocycles. The van der Waals surface area contributed by atoms with Gasteiger partial charge in [-0.25, -0.2) is 0 Å². The fourth-order valence-electron chi connectivity index (χ4n) is 1.01. The lowest BCUT2D eigenvalue weighted by Gasteiger charge is -2.05. The van der Waals surface area contributed by atoms with Gasteiger partial charge in [-0.3, -0.25) is 4.79 Å². The Morgan fingerprint density at radius 1 is 1.57 bits per heavy atom. The van der Waals surface area contributed by atoms with Crippen LogP contribution in [0.1, 0.15) is 39.0 Å². The predicted molar refractivity (Wildman–Crippen MR) is 56.6 cm³/mol. The fourth-order valence-corrected chi connectivity index (χ4v) is 1.01. The topological polar surface area (TPSA) is 49.3 Å². The number of carbonyl (C=O) groups is 1. The molecular formula is C11H19NO2. The van der Waals surface area contributed by atoms with Gasteiger partial charge in [-0.15, -0.1) is 12.3 Å². The zero-order chi connectivity index (χ0) is 10.8. The molecule has 0 aromatic heterocycles. The molecule has 0 aliphatic carbocycles. The zero-order valence-electron chi connectivity index (χ0n) is 8.75. The number of amides is 1. The first-order valence-corrected chi connectivity index (χ1v) is 5.05. The molecule has 0 saturated heterocycles. The monoisotopic (exact) mass is 197 g/mol. The number of aliphatic hydroxyl groups excluding tert-OH is 1. The van der Waals surface area contributed by atoms with E-state index in [1.165, 1.54) is 0 Å². The van der Waals surface area contributed by atoms with E-state index in [0.29, 0.717) is 19.4 Å². The van der Waals surface area contributed by atoms with Crippen LogP contribution >= 0.6 is 0 Å². The molecule has 0 heterocycles. The normalized spacial score (nSPS) is 11.8. The number of nitrogens with one attached hydrogen (secondary N) is 1. The van der Waals surface area contributed by atoms with Crippen molar-refractivity contribution in [1.29, 1.82) is 0 Å². The van der Waals surface area contributed by atoms with Crippen LogP contribution in [-0.2, 0) is 4.79 Å². The van der Waals surface area contributed by atoms with Crippen molar-refractivity contribution < 1.29 is 9.90 Å². The summed E-state index contributed by atoms with van der Waals surface area (Å²) in [5, 5.41) is 11.7. The van der Waals surface area contributed by atoms with Crippen LogP contribution in [0.5, 0.6) is 0 Å². The number of unbranched alkanes of at least 4 members (excludes halogenated alkanes) is 2. The van der Waals surface area contributed by atoms with Gasteiger partial charge in [0.1, 0.15) is 0 Å². The summed E-state index contributed by atoms with van der Waals surface area (Å²) in [6.45, 7) is 2.36. The minimum atomic E-state index is -0.401. The van der Waals surface area contributed by atoms with E-state index in [9.17, 15) is 4.79 Å². The van der Waals surface area contributed by atoms with E-state index in [1.54, 1.807) is 6.92 Å². The van der Waals surface area contributed by atoms with E-state index in [1.807, 2.05) is 0 Å². The summed E-state index contributed by atoms with van der Waals surface area (Å²) in [6, 6.07) is 0. The number of hydrogen-bond donors (Lipinski definition) is 2. The molecule has 0 fully saturated rings. The summed E-state index contributed by atoms with van der Waals surface area (Å²) in [5.41, 5.74) is 0. The average Bonchev–Trinajstić information content (AvgIpc) is 2.14. The van der Waals surface area contributed by atoms with E-state index in [-0.39, 0.29) is 5.91 Å². The van der Waals surface area contributed by atoms with E-state index in [2.05, 4.69) is 11.2 Å². The summed E-state index contributed by atoms with van der Waals surface area (Å²) in [4.78, 5) is 11.1. The summed E-state index contributed by atoms with van der Waals surface area (Å²) in [6.07, 6.45) is 8.25. The van der Waals surface area contributed by atoms with Crippen molar-refractivity contribution in [3.63, 3.8) is 0 Å². The highest BCUT2D eigenvalue weighted by Gasteiger charge is 2.02. The van der Waals surface area contributed by atoms with E-state index in [4.69, 9.17) is 11.5 Å². The largest absolute Gasteiger partial charge is 0.393 e. The molecule has 1 atom stereocenters. The predicted octanol–water partition coefficient (Wildman–Crippen LogP) is 1.07. The molecule has 3 nitrogen and oxygen atoms in total. The van der Waals surface area contributed by atoms with Crippen LogP contribution in [0.25, 0.3) is 0 Å². The molecule has 0 radical (unpaired) electrons. The highest BCUT2D eigenvalue weighted by molar-refractivity contribution is 5.75. The SMILES string of the molecule is C#CCCCCNC(=O)CCC(C)O. The van der Waals surface area contributed by atoms with Crippen LogP contribution in [0.3, 0.4) is 0 Å². The second kappa shape index (κ2) is 8.58. The van der Waals surface area contributed by atoms with Gasteiger partial charge in [-0.1, -0.05) is 0 Å². The molecule has 0 saturated carbocycles. The highest BCUT2D eigenvalue weighted by Crippen LogP contribution is 1.96. The Morgan fingerprint density at radius 3 is 2.86 bits per heavy atom. The van der Waals surface area contributed by atoms with Gasteiger partial charge in [0.25, 0.3) is 0 Å². The molecule has 0 bridgehead atoms. The van der Waals surface area contributed by atoms with Crippen molar-refractivity contribution in [2.75, 3.05) is 6.54 Å². The summed E-state index contributed by atoms with van der Waals surface area (Å²) in [5.74, 6) is 2.56. The quantitative estimate of drug-likeness (QED) is 0.474. The zero-order valence-corrected chi connectivity index (χ0v) is 8.75. The second-order valence-electron chi connectivity index (χ2n) is 3.40. The number of aliphatic hydroxyl groups is 1. The van der Waals surface area contributed by atoms with Gasteiger partial charge in [0.05, 0.1) is 6.10 Å². The Balaban J connectivity index is 3.24. The lowest BCUT2D eigenvalue weighted by Crippen LogP contribution is -2.25. The molecule has 80 valence electrons. The Hall–Kier alpha value is -1.01. The van der Waals surface area contributed by atoms with E-state index in [0.717, 1.165) is 19.3 Å². The van der Waals surface area contributed by atoms with Gasteiger partial charge in [0.2, 0.25) is 5.91 Å². The van der Waals surface area contributed by atoms with Crippen LogP contribution in [0, 0.1) is 12.3 Å². The summed E-state index contributed by atoms with van der Waals surface area (Å²) in [7, 11) is 0. The number of hydrogen-bond acceptors (Lipinski definition) is 2. The molecule has 0 aromatic carbocycles. The van der Waals surface area contributed by atoms with Gasteiger partial charge in [0, 0.05) is 19.4 Å². The third-order valence-corrected chi connectivity index (χ3v) is 1.86. The maximum absolute atomic E-state index is 11.1. The van der Waals surface area contributed by atoms with Gasteiger partial charge < -0.3 is 10.4 Å². The summed E-state index contributed by atoms with van der Waals surface area (Å²) < 4.78 is 0. The van der Waals surface area contributed by atoms with Crippen molar-refractivity contribution in [2.45, 2.75) is 45.1 Å². The van der Waals surface area contributed by atoms with Crippen LogP contribution < -0.4 is 5.32 Å². The van der Waals surface area contributed by atoms with E-state index < -0.39 is 6.10 Å². The first kappa shape index (κ1) is 13.0. The molecule has 0 spiro atoms. The van der Waals surface area contributed by atoms with Gasteiger partial charge >= 0.3 is 0 Å². The molecule has 0 rings (SSSR count). The molecule has 1 amide bonds. The molecule has 2 N–H and O–H groups in total. The minimum absolute atomic E-state index is 0.00612. The Kier molecular flexibility index (Phi) is 7.96. The Morgan fingerprint density at radius 2 is 2.29 bits per heavy atom. The molecule has 0 aliphatic rings. The molecule has 3 heteroatoms. The lowest BCUT2D eigenvalue weighted by atomic mass is 10.2. The van der Waals surface area contributed by atoms with Gasteiger partial charge in [0.15, 0.2) is 0 Å². The fraction of sp³-hybridized carbons (Fsp3) is 0.727. The van der Waals surface area contributed by atoms with Crippen molar-refractivity contribution in [3.05, 3.63) is 0 Å². The first-order chi connectivity index (χ1) is 6.66. The lowest BCUT2D eigenvalue weighted by molar-refractivity contribution is -0.121. The number of rotatable bonds is 7. The maximum atomic E-state index is 11.1. The Bertz CT molecular complexity index is 194. The van der Waals surface area contributed by atoms with Crippen LogP contribution in [0.2, 0.25) is 0 Å². The maximum Gasteiger partial charge on any atom is 0.220 e. The van der Waals surface area contributed by atoms with Crippen molar-refractivity contribution >= 4 is 5.91 Å². The van der Waals surface area contributed by atoms with Gasteiger partial charge in [-0.05, 0) is 26.2 Å². The van der Waals surface area contributed by atoms with Crippen molar-refractivity contribution in [3.8, 4) is 12.3 Å². The van der Waals surface area contributed by atoms with Crippen LogP contribution in [0.15, 0.2) is 0 Å². The average molecular weight is 197 g/mol. The Labute approximate surface area is 85.9 Å². The second-order valence-corrected chi connectivity index (χ2v) is 3.40. The molecule has 1 unspecified atom stereocenters. The minimum Gasteiger partial charge on any atom is -0.393 e. The number of terminal acetylenes is 1. The molecule has 14 heavy (non-hydrogen) atoms.